The second-order valence-corrected chi connectivity index (χ2v) is 5.95. The molecule has 1 fully saturated rings. The second-order valence-electron chi connectivity index (χ2n) is 5.95. The van der Waals surface area contributed by atoms with Crippen molar-refractivity contribution in [2.24, 2.45) is 0 Å². The van der Waals surface area contributed by atoms with Gasteiger partial charge in [-0.2, -0.15) is 0 Å². The normalized spacial score (nSPS) is 19.2. The Morgan fingerprint density at radius 1 is 0.708 bits per heavy atom. The maximum absolute atomic E-state index is 12.4. The molecule has 3 nitrogen and oxygen atoms in total. The van der Waals surface area contributed by atoms with E-state index < -0.39 is 0 Å². The van der Waals surface area contributed by atoms with Crippen LogP contribution < -0.4 is 0 Å². The smallest absolute Gasteiger partial charge is 0.184 e. The first-order valence-electron chi connectivity index (χ1n) is 7.96. The number of allylic oxidation sites excluding steroid dienone is 10. The van der Waals surface area contributed by atoms with Gasteiger partial charge in [0.2, 0.25) is 0 Å². The fourth-order valence-electron chi connectivity index (χ4n) is 2.14. The van der Waals surface area contributed by atoms with Crippen LogP contribution in [0.4, 0.5) is 0 Å². The molecule has 0 aromatic rings. The topological polar surface area (TPSA) is 23.6 Å². The van der Waals surface area contributed by atoms with E-state index in [9.17, 15) is 4.79 Å². The van der Waals surface area contributed by atoms with Crippen LogP contribution in [0, 0.1) is 0 Å². The molecule has 0 bridgehead atoms. The van der Waals surface area contributed by atoms with Gasteiger partial charge >= 0.3 is 0 Å². The predicted molar refractivity (Wildman–Crippen MR) is 106 cm³/mol. The van der Waals surface area contributed by atoms with Crippen LogP contribution in [-0.4, -0.2) is 43.8 Å². The van der Waals surface area contributed by atoms with Crippen LogP contribution in [0.25, 0.3) is 0 Å². The zero-order valence-electron chi connectivity index (χ0n) is 15.1. The molecule has 1 aliphatic rings. The molecular weight excluding hydrogens is 320 g/mol. The number of ketones is 1. The zero-order chi connectivity index (χ0) is 17.1. The number of nitrogens with zero attached hydrogens (tertiary/aromatic N) is 2. The summed E-state index contributed by atoms with van der Waals surface area (Å²) in [5.74, 6) is 0.179. The lowest BCUT2D eigenvalue weighted by Gasteiger charge is -2.15. The number of hydrogen-bond donors (Lipinski definition) is 0. The molecule has 1 rings (SSSR count). The Morgan fingerprint density at radius 2 is 1.12 bits per heavy atom. The van der Waals surface area contributed by atoms with Gasteiger partial charge in [-0.15, -0.1) is 12.4 Å². The largest absolute Gasteiger partial charge is 0.383 e. The number of halogens is 1. The predicted octanol–water partition coefficient (Wildman–Crippen LogP) is 4.28. The molecule has 0 N–H and O–H groups in total. The van der Waals surface area contributed by atoms with Crippen molar-refractivity contribution in [3.63, 3.8) is 0 Å². The Labute approximate surface area is 152 Å². The van der Waals surface area contributed by atoms with E-state index in [0.717, 1.165) is 30.4 Å². The lowest BCUT2D eigenvalue weighted by atomic mass is 9.88. The Balaban J connectivity index is 0.00000529. The van der Waals surface area contributed by atoms with E-state index in [-0.39, 0.29) is 18.2 Å². The minimum absolute atomic E-state index is 0. The molecule has 0 radical (unpaired) electrons. The third kappa shape index (κ3) is 9.21. The van der Waals surface area contributed by atoms with Crippen molar-refractivity contribution >= 4 is 18.2 Å². The molecule has 4 heteroatoms. The summed E-state index contributed by atoms with van der Waals surface area (Å²) < 4.78 is 0. The van der Waals surface area contributed by atoms with Gasteiger partial charge in [-0.25, -0.2) is 0 Å². The van der Waals surface area contributed by atoms with Crippen LogP contribution in [0.1, 0.15) is 19.3 Å². The van der Waals surface area contributed by atoms with E-state index in [1.807, 2.05) is 99.0 Å². The molecule has 1 aliphatic carbocycles. The highest BCUT2D eigenvalue weighted by Gasteiger charge is 2.18. The summed E-state index contributed by atoms with van der Waals surface area (Å²) in [7, 11) is 7.91. The summed E-state index contributed by atoms with van der Waals surface area (Å²) in [6.07, 6.45) is 22.3. The van der Waals surface area contributed by atoms with Gasteiger partial charge in [0.25, 0.3) is 0 Å². The van der Waals surface area contributed by atoms with Crippen LogP contribution in [0.2, 0.25) is 0 Å². The first-order valence-corrected chi connectivity index (χ1v) is 7.96. The highest BCUT2D eigenvalue weighted by molar-refractivity contribution is 6.09. The van der Waals surface area contributed by atoms with Gasteiger partial charge in [-0.1, -0.05) is 36.5 Å². The quantitative estimate of drug-likeness (QED) is 0.529. The maximum atomic E-state index is 12.4. The number of carbonyl (C=O) groups is 1. The van der Waals surface area contributed by atoms with Crippen LogP contribution in [-0.2, 0) is 4.79 Å². The molecule has 0 aromatic heterocycles. The van der Waals surface area contributed by atoms with Gasteiger partial charge in [0.1, 0.15) is 0 Å². The third-order valence-electron chi connectivity index (χ3n) is 3.28. The fourth-order valence-corrected chi connectivity index (χ4v) is 2.14. The zero-order valence-corrected chi connectivity index (χ0v) is 15.9. The maximum Gasteiger partial charge on any atom is 0.184 e. The van der Waals surface area contributed by atoms with Crippen molar-refractivity contribution in [2.75, 3.05) is 28.2 Å². The first-order chi connectivity index (χ1) is 11.0. The van der Waals surface area contributed by atoms with Crippen molar-refractivity contribution in [3.05, 3.63) is 72.2 Å². The molecule has 132 valence electrons. The Bertz CT molecular complexity index is 516. The van der Waals surface area contributed by atoms with Crippen molar-refractivity contribution in [1.82, 2.24) is 9.80 Å². The van der Waals surface area contributed by atoms with E-state index >= 15 is 0 Å². The van der Waals surface area contributed by atoms with Crippen LogP contribution in [0.3, 0.4) is 0 Å². The molecule has 0 aromatic carbocycles. The molecule has 0 unspecified atom stereocenters. The summed E-state index contributed by atoms with van der Waals surface area (Å²) in [5.41, 5.74) is 1.79. The molecule has 0 spiro atoms. The second kappa shape index (κ2) is 12.4. The summed E-state index contributed by atoms with van der Waals surface area (Å²) in [4.78, 5) is 16.4. The summed E-state index contributed by atoms with van der Waals surface area (Å²) in [6, 6.07) is 0. The monoisotopic (exact) mass is 348 g/mol. The molecule has 1 saturated carbocycles. The van der Waals surface area contributed by atoms with E-state index in [1.165, 1.54) is 0 Å². The first kappa shape index (κ1) is 22.0. The van der Waals surface area contributed by atoms with E-state index in [0.29, 0.717) is 0 Å². The molecular formula is C20H29ClN2O. The minimum Gasteiger partial charge on any atom is -0.383 e. The fraction of sp³-hybridized carbons (Fsp3) is 0.350. The van der Waals surface area contributed by atoms with Crippen LogP contribution in [0.5, 0.6) is 0 Å². The van der Waals surface area contributed by atoms with E-state index in [4.69, 9.17) is 0 Å². The number of rotatable bonds is 6. The average molecular weight is 349 g/mol. The molecule has 0 heterocycles. The molecule has 0 aliphatic heterocycles. The molecule has 0 amide bonds. The Hall–Kier alpha value is -2.00. The van der Waals surface area contributed by atoms with Gasteiger partial charge in [-0.05, 0) is 55.0 Å². The van der Waals surface area contributed by atoms with E-state index in [1.54, 1.807) is 0 Å². The van der Waals surface area contributed by atoms with Crippen molar-refractivity contribution in [3.8, 4) is 0 Å². The molecule has 0 saturated heterocycles. The van der Waals surface area contributed by atoms with E-state index in [2.05, 4.69) is 0 Å². The van der Waals surface area contributed by atoms with Crippen LogP contribution in [0.15, 0.2) is 72.2 Å². The minimum atomic E-state index is 0. The van der Waals surface area contributed by atoms with Crippen molar-refractivity contribution < 1.29 is 4.79 Å². The van der Waals surface area contributed by atoms with Crippen molar-refractivity contribution in [2.45, 2.75) is 19.3 Å². The summed E-state index contributed by atoms with van der Waals surface area (Å²) in [6.45, 7) is 0. The van der Waals surface area contributed by atoms with Gasteiger partial charge < -0.3 is 9.80 Å². The Kier molecular flexibility index (Phi) is 11.4. The van der Waals surface area contributed by atoms with Gasteiger partial charge in [0.05, 0.1) is 0 Å². The van der Waals surface area contributed by atoms with Crippen LogP contribution >= 0.6 is 12.4 Å². The number of Topliss-reactive ketones (excluding diaryl/α,β-unsaturated/α-hetero) is 1. The van der Waals surface area contributed by atoms with Gasteiger partial charge in [-0.3, -0.25) is 4.79 Å². The molecule has 0 atom stereocenters. The van der Waals surface area contributed by atoms with Crippen molar-refractivity contribution in [1.29, 1.82) is 0 Å². The number of hydrogen-bond acceptors (Lipinski definition) is 3. The number of carbonyl (C=O) groups excluding carboxylic acids is 1. The highest BCUT2D eigenvalue weighted by Crippen LogP contribution is 2.24. The summed E-state index contributed by atoms with van der Waals surface area (Å²) in [5, 5.41) is 0. The summed E-state index contributed by atoms with van der Waals surface area (Å²) >= 11 is 0. The lowest BCUT2D eigenvalue weighted by Crippen LogP contribution is -2.12. The average Bonchev–Trinajstić information content (AvgIpc) is 2.49. The standard InChI is InChI=1S/C20H28N2O.ClH/c1-21(2)16-9-5-7-12-18-14-11-15-19(20(18)23)13-8-6-10-17-22(3)4;/h5-10,12-13,16-17H,11,14-15H2,1-4H3;1H. The SMILES string of the molecule is CN(C)C=CC=CC=C1CCCC(=CC=CC=CN(C)C)C1=O.Cl. The molecule has 24 heavy (non-hydrogen) atoms. The highest BCUT2D eigenvalue weighted by atomic mass is 35.5. The lowest BCUT2D eigenvalue weighted by molar-refractivity contribution is -0.113. The Morgan fingerprint density at radius 3 is 1.50 bits per heavy atom. The van der Waals surface area contributed by atoms with Gasteiger partial charge in [0, 0.05) is 28.2 Å². The third-order valence-corrected chi connectivity index (χ3v) is 3.28. The van der Waals surface area contributed by atoms with Gasteiger partial charge in [0.15, 0.2) is 5.78 Å².